The Morgan fingerprint density at radius 1 is 0.675 bits per heavy atom. The largest absolute Gasteiger partial charge is 0.489 e. The van der Waals surface area contributed by atoms with Crippen LogP contribution in [0.5, 0.6) is 5.75 Å². The first-order chi connectivity index (χ1) is 19.3. The molecule has 7 heteroatoms. The van der Waals surface area contributed by atoms with Crippen LogP contribution in [0.4, 0.5) is 0 Å². The van der Waals surface area contributed by atoms with Gasteiger partial charge >= 0.3 is 7.82 Å². The molecule has 0 saturated heterocycles. The molecule has 0 amide bonds. The highest BCUT2D eigenvalue weighted by Crippen LogP contribution is 2.53. The normalized spacial score (nSPS) is 11.8. The molecule has 0 aliphatic carbocycles. The molecule has 0 atom stereocenters. The van der Waals surface area contributed by atoms with Gasteiger partial charge in [0.1, 0.15) is 12.4 Å². The Balaban J connectivity index is 1.55. The highest BCUT2D eigenvalue weighted by atomic mass is 35.5. The highest BCUT2D eigenvalue weighted by Gasteiger charge is 2.44. The molecular formula is C33H28ClO5P. The van der Waals surface area contributed by atoms with E-state index in [1.807, 2.05) is 78.9 Å². The monoisotopic (exact) mass is 570 g/mol. The van der Waals surface area contributed by atoms with Gasteiger partial charge < -0.3 is 14.5 Å². The van der Waals surface area contributed by atoms with Gasteiger partial charge in [-0.2, -0.15) is 0 Å². The maximum atomic E-state index is 12.5. The van der Waals surface area contributed by atoms with Crippen LogP contribution in [-0.2, 0) is 27.7 Å². The van der Waals surface area contributed by atoms with E-state index in [9.17, 15) is 14.4 Å². The fourth-order valence-corrected chi connectivity index (χ4v) is 5.84. The first-order valence-corrected chi connectivity index (χ1v) is 14.7. The lowest BCUT2D eigenvalue weighted by atomic mass is 9.79. The molecule has 40 heavy (non-hydrogen) atoms. The first kappa shape index (κ1) is 27.9. The molecule has 0 radical (unpaired) electrons. The van der Waals surface area contributed by atoms with Crippen molar-refractivity contribution in [3.63, 3.8) is 0 Å². The van der Waals surface area contributed by atoms with E-state index >= 15 is 0 Å². The average molecular weight is 571 g/mol. The molecule has 5 aromatic carbocycles. The number of halogens is 1. The third-order valence-electron chi connectivity index (χ3n) is 6.62. The van der Waals surface area contributed by atoms with E-state index in [1.54, 1.807) is 54.6 Å². The van der Waals surface area contributed by atoms with E-state index in [0.717, 1.165) is 22.4 Å². The van der Waals surface area contributed by atoms with Gasteiger partial charge in [0.25, 0.3) is 0 Å². The van der Waals surface area contributed by atoms with Gasteiger partial charge in [-0.15, -0.1) is 0 Å². The van der Waals surface area contributed by atoms with Crippen LogP contribution in [0, 0.1) is 0 Å². The molecule has 0 unspecified atom stereocenters. The zero-order chi connectivity index (χ0) is 28.0. The molecule has 5 rings (SSSR count). The summed E-state index contributed by atoms with van der Waals surface area (Å²) in [7, 11) is -5.00. The Labute approximate surface area is 238 Å². The van der Waals surface area contributed by atoms with Crippen LogP contribution in [0.1, 0.15) is 33.4 Å². The van der Waals surface area contributed by atoms with Gasteiger partial charge in [-0.1, -0.05) is 133 Å². The summed E-state index contributed by atoms with van der Waals surface area (Å²) >= 11 is 7.09. The van der Waals surface area contributed by atoms with Gasteiger partial charge in [-0.25, -0.2) is 4.57 Å². The lowest BCUT2D eigenvalue weighted by Gasteiger charge is -2.36. The minimum absolute atomic E-state index is 0.360. The fraction of sp³-hybridized carbons (Fsp3) is 0.0909. The van der Waals surface area contributed by atoms with Crippen molar-refractivity contribution in [3.05, 3.63) is 172 Å². The molecule has 0 spiro atoms. The molecule has 0 fully saturated rings. The molecule has 0 bridgehead atoms. The second-order valence-electron chi connectivity index (χ2n) is 9.37. The standard InChI is InChI=1S/C33H28ClO5P/c34-32-27(22-26-14-10-20-30(23-26)38-24-25-12-4-1-5-13-25)15-11-21-31(32)33(39-40(35,36)37,28-16-6-2-7-17-28)29-18-8-3-9-19-29/h1-21,23H,22,24H2,(H2,35,36,37). The number of hydrogen-bond acceptors (Lipinski definition) is 3. The minimum atomic E-state index is -5.00. The summed E-state index contributed by atoms with van der Waals surface area (Å²) in [5, 5.41) is 0.360. The fourth-order valence-electron chi connectivity index (χ4n) is 4.85. The average Bonchev–Trinajstić information content (AvgIpc) is 2.97. The Bertz CT molecular complexity index is 1570. The van der Waals surface area contributed by atoms with E-state index in [1.165, 1.54) is 0 Å². The van der Waals surface area contributed by atoms with E-state index < -0.39 is 13.4 Å². The van der Waals surface area contributed by atoms with Crippen molar-refractivity contribution in [1.82, 2.24) is 0 Å². The van der Waals surface area contributed by atoms with Gasteiger partial charge in [-0.05, 0) is 46.4 Å². The predicted molar refractivity (Wildman–Crippen MR) is 157 cm³/mol. The van der Waals surface area contributed by atoms with Crippen LogP contribution >= 0.6 is 19.4 Å². The zero-order valence-electron chi connectivity index (χ0n) is 21.6. The third kappa shape index (κ3) is 6.37. The van der Waals surface area contributed by atoms with E-state index in [-0.39, 0.29) is 0 Å². The van der Waals surface area contributed by atoms with Crippen molar-refractivity contribution in [3.8, 4) is 5.75 Å². The summed E-state index contributed by atoms with van der Waals surface area (Å²) < 4.78 is 24.2. The topological polar surface area (TPSA) is 76.0 Å². The van der Waals surface area contributed by atoms with Crippen LogP contribution in [0.15, 0.2) is 133 Å². The predicted octanol–water partition coefficient (Wildman–Crippen LogP) is 7.91. The Morgan fingerprint density at radius 2 is 1.23 bits per heavy atom. The Hall–Kier alpha value is -3.70. The number of phosphoric acid groups is 1. The summed E-state index contributed by atoms with van der Waals surface area (Å²) in [5.41, 5.74) is 2.70. The van der Waals surface area contributed by atoms with E-state index in [4.69, 9.17) is 20.9 Å². The van der Waals surface area contributed by atoms with Crippen molar-refractivity contribution in [1.29, 1.82) is 0 Å². The molecule has 0 aliphatic rings. The van der Waals surface area contributed by atoms with Crippen LogP contribution in [0.3, 0.4) is 0 Å². The number of phosphoric ester groups is 1. The second-order valence-corrected chi connectivity index (χ2v) is 10.9. The minimum Gasteiger partial charge on any atom is -0.489 e. The summed E-state index contributed by atoms with van der Waals surface area (Å²) in [4.78, 5) is 20.3. The van der Waals surface area contributed by atoms with Gasteiger partial charge in [0.2, 0.25) is 0 Å². The molecule has 202 valence electrons. The lowest BCUT2D eigenvalue weighted by Crippen LogP contribution is -2.32. The Kier molecular flexibility index (Phi) is 8.51. The molecule has 5 aromatic rings. The van der Waals surface area contributed by atoms with E-state index in [2.05, 4.69) is 0 Å². The van der Waals surface area contributed by atoms with Crippen LogP contribution in [-0.4, -0.2) is 9.79 Å². The van der Waals surface area contributed by atoms with Crippen molar-refractivity contribution in [2.45, 2.75) is 18.6 Å². The number of rotatable bonds is 10. The summed E-state index contributed by atoms with van der Waals surface area (Å²) in [6.45, 7) is 0.455. The maximum Gasteiger partial charge on any atom is 0.471 e. The SMILES string of the molecule is O=P(O)(O)OC(c1ccccc1)(c1ccccc1)c1cccc(Cc2cccc(OCc3ccccc3)c2)c1Cl. The molecule has 2 N–H and O–H groups in total. The molecule has 0 aliphatic heterocycles. The van der Waals surface area contributed by atoms with Crippen LogP contribution < -0.4 is 4.74 Å². The van der Waals surface area contributed by atoms with Crippen molar-refractivity contribution < 1.29 is 23.6 Å². The third-order valence-corrected chi connectivity index (χ3v) is 7.57. The quantitative estimate of drug-likeness (QED) is 0.132. The van der Waals surface area contributed by atoms with Crippen molar-refractivity contribution in [2.75, 3.05) is 0 Å². The van der Waals surface area contributed by atoms with Gasteiger partial charge in [0.15, 0.2) is 5.60 Å². The molecule has 5 nitrogen and oxygen atoms in total. The van der Waals surface area contributed by atoms with Crippen molar-refractivity contribution in [2.24, 2.45) is 0 Å². The number of ether oxygens (including phenoxy) is 1. The lowest BCUT2D eigenvalue weighted by molar-refractivity contribution is 0.0976. The van der Waals surface area contributed by atoms with Crippen molar-refractivity contribution >= 4 is 19.4 Å². The van der Waals surface area contributed by atoms with Gasteiger partial charge in [-0.3, -0.25) is 4.52 Å². The number of benzene rings is 5. The first-order valence-electron chi connectivity index (χ1n) is 12.8. The second kappa shape index (κ2) is 12.2. The maximum absolute atomic E-state index is 12.5. The van der Waals surface area contributed by atoms with Crippen LogP contribution in [0.25, 0.3) is 0 Å². The highest BCUT2D eigenvalue weighted by molar-refractivity contribution is 7.46. The number of hydrogen-bond donors (Lipinski definition) is 2. The van der Waals surface area contributed by atoms with Gasteiger partial charge in [0.05, 0.1) is 5.02 Å². The van der Waals surface area contributed by atoms with Gasteiger partial charge in [0, 0.05) is 5.56 Å². The van der Waals surface area contributed by atoms with Crippen LogP contribution in [0.2, 0.25) is 5.02 Å². The smallest absolute Gasteiger partial charge is 0.471 e. The summed E-state index contributed by atoms with van der Waals surface area (Å²) in [6.07, 6.45) is 0.477. The van der Waals surface area contributed by atoms with E-state index in [0.29, 0.717) is 34.7 Å². The summed E-state index contributed by atoms with van der Waals surface area (Å²) in [5.74, 6) is 0.737. The molecule has 0 saturated carbocycles. The molecule has 0 aromatic heterocycles. The zero-order valence-corrected chi connectivity index (χ0v) is 23.2. The molecular weight excluding hydrogens is 543 g/mol. The molecule has 0 heterocycles. The summed E-state index contributed by atoms with van der Waals surface area (Å²) in [6, 6.07) is 41.2. The Morgan fingerprint density at radius 3 is 1.82 bits per heavy atom.